The number of alkyl halides is 3. The van der Waals surface area contributed by atoms with Gasteiger partial charge in [-0.3, -0.25) is 0 Å². The van der Waals surface area contributed by atoms with E-state index in [1.165, 1.54) is 16.9 Å². The van der Waals surface area contributed by atoms with E-state index < -0.39 is 18.2 Å². The zero-order valence-electron chi connectivity index (χ0n) is 18.9. The van der Waals surface area contributed by atoms with Crippen molar-refractivity contribution in [2.75, 3.05) is 24.5 Å². The fourth-order valence-electron chi connectivity index (χ4n) is 3.92. The summed E-state index contributed by atoms with van der Waals surface area (Å²) in [6.07, 6.45) is -2.00. The van der Waals surface area contributed by atoms with Crippen LogP contribution in [0, 0.1) is 24.2 Å². The van der Waals surface area contributed by atoms with Crippen molar-refractivity contribution in [1.82, 2.24) is 19.7 Å². The first-order valence-electron chi connectivity index (χ1n) is 11.0. The highest BCUT2D eigenvalue weighted by Crippen LogP contribution is 2.36. The van der Waals surface area contributed by atoms with Crippen molar-refractivity contribution in [2.45, 2.75) is 32.0 Å². The number of benzene rings is 1. The smallest absolute Gasteiger partial charge is 0.391 e. The minimum absolute atomic E-state index is 0.00656. The largest absolute Gasteiger partial charge is 0.437 e. The van der Waals surface area contributed by atoms with Gasteiger partial charge in [0.1, 0.15) is 17.3 Å². The number of aliphatic hydroxyl groups is 1. The highest BCUT2D eigenvalue weighted by atomic mass is 19.4. The summed E-state index contributed by atoms with van der Waals surface area (Å²) in [7, 11) is 0. The van der Waals surface area contributed by atoms with Crippen molar-refractivity contribution in [3.63, 3.8) is 0 Å². The van der Waals surface area contributed by atoms with Gasteiger partial charge in [-0.05, 0) is 31.9 Å². The summed E-state index contributed by atoms with van der Waals surface area (Å²) in [5.74, 6) is 0.00166. The number of piperidine rings is 1. The third kappa shape index (κ3) is 5.52. The van der Waals surface area contributed by atoms with Crippen molar-refractivity contribution in [1.29, 1.82) is 5.26 Å². The SMILES string of the molecule is Cc1nc(Oc2cc(C#N)ccc2-n2cc(C(O)CN)cn2)cc(N2CCC(C(F)(F)F)CC2)n1. The Morgan fingerprint density at radius 3 is 2.66 bits per heavy atom. The van der Waals surface area contributed by atoms with Gasteiger partial charge >= 0.3 is 6.18 Å². The summed E-state index contributed by atoms with van der Waals surface area (Å²) in [5, 5.41) is 23.6. The van der Waals surface area contributed by atoms with Crippen molar-refractivity contribution in [3.05, 3.63) is 53.6 Å². The summed E-state index contributed by atoms with van der Waals surface area (Å²) < 4.78 is 46.6. The average Bonchev–Trinajstić information content (AvgIpc) is 3.33. The molecule has 3 heterocycles. The molecule has 12 heteroatoms. The van der Waals surface area contributed by atoms with Gasteiger partial charge in [0, 0.05) is 43.5 Å². The van der Waals surface area contributed by atoms with Gasteiger partial charge in [0.05, 0.1) is 29.9 Å². The Hall–Kier alpha value is -3.69. The number of nitriles is 1. The van der Waals surface area contributed by atoms with Crippen LogP contribution in [0.4, 0.5) is 19.0 Å². The third-order valence-corrected chi connectivity index (χ3v) is 5.84. The molecule has 4 rings (SSSR count). The predicted molar refractivity (Wildman–Crippen MR) is 120 cm³/mol. The number of hydrogen-bond acceptors (Lipinski definition) is 8. The Morgan fingerprint density at radius 2 is 2.00 bits per heavy atom. The molecule has 0 radical (unpaired) electrons. The molecular formula is C23H24F3N7O2. The Morgan fingerprint density at radius 1 is 1.26 bits per heavy atom. The van der Waals surface area contributed by atoms with E-state index in [-0.39, 0.29) is 44.1 Å². The van der Waals surface area contributed by atoms with Crippen molar-refractivity contribution < 1.29 is 23.0 Å². The van der Waals surface area contributed by atoms with E-state index in [1.807, 2.05) is 0 Å². The lowest BCUT2D eigenvalue weighted by Gasteiger charge is -2.33. The summed E-state index contributed by atoms with van der Waals surface area (Å²) in [4.78, 5) is 10.5. The van der Waals surface area contributed by atoms with E-state index in [1.54, 1.807) is 36.2 Å². The fraction of sp³-hybridized carbons (Fsp3) is 0.391. The number of ether oxygens (including phenoxy) is 1. The molecule has 0 amide bonds. The fourth-order valence-corrected chi connectivity index (χ4v) is 3.92. The number of aromatic nitrogens is 4. The number of anilines is 1. The molecule has 184 valence electrons. The first-order chi connectivity index (χ1) is 16.7. The molecule has 0 aliphatic carbocycles. The Bertz CT molecular complexity index is 1230. The summed E-state index contributed by atoms with van der Waals surface area (Å²) in [6.45, 7) is 2.13. The van der Waals surface area contributed by atoms with Gasteiger partial charge in [-0.1, -0.05) is 0 Å². The Balaban J connectivity index is 1.61. The molecule has 3 aromatic rings. The second-order valence-electron chi connectivity index (χ2n) is 8.28. The molecule has 1 aromatic carbocycles. The third-order valence-electron chi connectivity index (χ3n) is 5.84. The monoisotopic (exact) mass is 487 g/mol. The number of aryl methyl sites for hydroxylation is 1. The summed E-state index contributed by atoms with van der Waals surface area (Å²) in [5.41, 5.74) is 6.87. The van der Waals surface area contributed by atoms with Crippen LogP contribution >= 0.6 is 0 Å². The molecular weight excluding hydrogens is 463 g/mol. The van der Waals surface area contributed by atoms with Crippen LogP contribution in [0.2, 0.25) is 0 Å². The number of nitrogens with zero attached hydrogens (tertiary/aromatic N) is 6. The quantitative estimate of drug-likeness (QED) is 0.542. The molecule has 9 nitrogen and oxygen atoms in total. The lowest BCUT2D eigenvalue weighted by Crippen LogP contribution is -2.39. The maximum absolute atomic E-state index is 13.0. The van der Waals surface area contributed by atoms with Gasteiger partial charge < -0.3 is 20.5 Å². The maximum Gasteiger partial charge on any atom is 0.391 e. The van der Waals surface area contributed by atoms with Crippen LogP contribution in [-0.2, 0) is 0 Å². The topological polar surface area (TPSA) is 126 Å². The van der Waals surface area contributed by atoms with Gasteiger partial charge in [0.15, 0.2) is 5.75 Å². The highest BCUT2D eigenvalue weighted by molar-refractivity contribution is 5.53. The Kier molecular flexibility index (Phi) is 6.90. The molecule has 1 unspecified atom stereocenters. The lowest BCUT2D eigenvalue weighted by molar-refractivity contribution is -0.179. The van der Waals surface area contributed by atoms with Gasteiger partial charge in [0.25, 0.3) is 0 Å². The van der Waals surface area contributed by atoms with Gasteiger partial charge in [0.2, 0.25) is 5.88 Å². The van der Waals surface area contributed by atoms with Crippen LogP contribution in [0.5, 0.6) is 11.6 Å². The van der Waals surface area contributed by atoms with E-state index >= 15 is 0 Å². The molecule has 1 aliphatic heterocycles. The maximum atomic E-state index is 13.0. The average molecular weight is 487 g/mol. The van der Waals surface area contributed by atoms with Crippen molar-refractivity contribution >= 4 is 5.82 Å². The van der Waals surface area contributed by atoms with E-state index in [2.05, 4.69) is 21.1 Å². The van der Waals surface area contributed by atoms with E-state index in [9.17, 15) is 23.5 Å². The highest BCUT2D eigenvalue weighted by Gasteiger charge is 2.41. The summed E-state index contributed by atoms with van der Waals surface area (Å²) in [6, 6.07) is 8.40. The van der Waals surface area contributed by atoms with Crippen LogP contribution in [0.1, 0.15) is 35.9 Å². The van der Waals surface area contributed by atoms with Crippen molar-refractivity contribution in [3.8, 4) is 23.4 Å². The number of hydrogen-bond donors (Lipinski definition) is 2. The second kappa shape index (κ2) is 9.89. The van der Waals surface area contributed by atoms with Crippen LogP contribution in [0.25, 0.3) is 5.69 Å². The minimum Gasteiger partial charge on any atom is -0.437 e. The molecule has 35 heavy (non-hydrogen) atoms. The van der Waals surface area contributed by atoms with E-state index in [0.717, 1.165) is 0 Å². The predicted octanol–water partition coefficient (Wildman–Crippen LogP) is 3.41. The number of rotatable bonds is 6. The molecule has 1 saturated heterocycles. The second-order valence-corrected chi connectivity index (χ2v) is 8.28. The molecule has 1 atom stereocenters. The molecule has 1 fully saturated rings. The molecule has 1 aliphatic rings. The zero-order valence-corrected chi connectivity index (χ0v) is 18.9. The molecule has 0 bridgehead atoms. The van der Waals surface area contributed by atoms with Crippen LogP contribution in [0.15, 0.2) is 36.7 Å². The molecule has 3 N–H and O–H groups in total. The van der Waals surface area contributed by atoms with E-state index in [4.69, 9.17) is 10.5 Å². The van der Waals surface area contributed by atoms with Gasteiger partial charge in [-0.2, -0.15) is 28.5 Å². The van der Waals surface area contributed by atoms with Gasteiger partial charge in [-0.25, -0.2) is 9.67 Å². The standard InChI is InChI=1S/C23H24F3N7O2/c1-14-30-21(32-6-4-17(5-7-32)23(24,25)26)9-22(31-14)35-20-8-15(10-27)2-3-18(20)33-13-16(12-29-33)19(34)11-28/h2-3,8-9,12-13,17,19,34H,4-7,11,28H2,1H3. The normalized spacial score (nSPS) is 15.6. The molecule has 0 saturated carbocycles. The van der Waals surface area contributed by atoms with E-state index in [0.29, 0.717) is 28.5 Å². The van der Waals surface area contributed by atoms with Crippen molar-refractivity contribution in [2.24, 2.45) is 11.7 Å². The molecule has 0 spiro atoms. The lowest BCUT2D eigenvalue weighted by atomic mass is 9.96. The minimum atomic E-state index is -4.20. The van der Waals surface area contributed by atoms with Crippen LogP contribution in [-0.4, -0.2) is 50.7 Å². The van der Waals surface area contributed by atoms with Crippen LogP contribution in [0.3, 0.4) is 0 Å². The summed E-state index contributed by atoms with van der Waals surface area (Å²) >= 11 is 0. The number of halogens is 3. The number of nitrogens with two attached hydrogens (primary N) is 1. The first kappa shape index (κ1) is 24.4. The first-order valence-corrected chi connectivity index (χ1v) is 11.0. The Labute approximate surface area is 199 Å². The van der Waals surface area contributed by atoms with Crippen LogP contribution < -0.4 is 15.4 Å². The molecule has 2 aromatic heterocycles. The number of aliphatic hydroxyl groups excluding tert-OH is 1. The van der Waals surface area contributed by atoms with Gasteiger partial charge in [-0.15, -0.1) is 0 Å². The zero-order chi connectivity index (χ0) is 25.2.